The molecule has 136 valence electrons. The predicted molar refractivity (Wildman–Crippen MR) is 104 cm³/mol. The van der Waals surface area contributed by atoms with Gasteiger partial charge >= 0.3 is 0 Å². The van der Waals surface area contributed by atoms with Crippen LogP contribution in [0.3, 0.4) is 0 Å². The second-order valence-corrected chi connectivity index (χ2v) is 6.56. The summed E-state index contributed by atoms with van der Waals surface area (Å²) in [5, 5.41) is 25.5. The molecule has 0 aromatic heterocycles. The zero-order valence-corrected chi connectivity index (χ0v) is 16.0. The fourth-order valence-corrected chi connectivity index (χ4v) is 2.74. The van der Waals surface area contributed by atoms with E-state index in [1.165, 1.54) is 0 Å². The van der Waals surface area contributed by atoms with E-state index >= 15 is 0 Å². The molecular formula is C15H11BrClN3O5S. The number of ether oxygens (including phenoxy) is 1. The van der Waals surface area contributed by atoms with E-state index in [9.17, 15) is 20.0 Å². The van der Waals surface area contributed by atoms with Crippen LogP contribution in [0, 0.1) is 10.1 Å². The molecule has 0 bridgehead atoms. The van der Waals surface area contributed by atoms with Crippen LogP contribution < -0.4 is 15.4 Å². The molecule has 0 unspecified atom stereocenters. The maximum absolute atomic E-state index is 11.9. The van der Waals surface area contributed by atoms with E-state index < -0.39 is 10.8 Å². The number of nitrogens with one attached hydrogen (secondary N) is 2. The Hall–Kier alpha value is -2.43. The zero-order chi connectivity index (χ0) is 19.3. The largest absolute Gasteiger partial charge is 0.506 e. The van der Waals surface area contributed by atoms with Gasteiger partial charge in [0.2, 0.25) is 0 Å². The van der Waals surface area contributed by atoms with E-state index in [1.807, 2.05) is 0 Å². The average molecular weight is 461 g/mol. The first-order valence-electron chi connectivity index (χ1n) is 6.92. The monoisotopic (exact) mass is 459 g/mol. The molecule has 0 aliphatic heterocycles. The van der Waals surface area contributed by atoms with Gasteiger partial charge in [-0.25, -0.2) is 0 Å². The molecule has 0 aliphatic carbocycles. The van der Waals surface area contributed by atoms with Gasteiger partial charge in [-0.15, -0.1) is 0 Å². The molecule has 8 nitrogen and oxygen atoms in total. The number of carbonyl (C=O) groups is 1. The first kappa shape index (κ1) is 19.9. The maximum atomic E-state index is 11.9. The Morgan fingerprint density at radius 3 is 2.73 bits per heavy atom. The molecule has 2 aromatic carbocycles. The first-order chi connectivity index (χ1) is 12.3. The summed E-state index contributed by atoms with van der Waals surface area (Å²) in [5.41, 5.74) is -0.256. The number of phenols is 1. The summed E-state index contributed by atoms with van der Waals surface area (Å²) in [7, 11) is 0. The summed E-state index contributed by atoms with van der Waals surface area (Å²) in [4.78, 5) is 22.0. The number of hydrogen-bond acceptors (Lipinski definition) is 6. The SMILES string of the molecule is O=C(COc1ccc(Br)cc1Cl)NC(=S)Nc1cc([N+](=O)[O-])ccc1O. The van der Waals surface area contributed by atoms with Crippen molar-refractivity contribution >= 4 is 62.1 Å². The number of hydrogen-bond donors (Lipinski definition) is 3. The number of halogens is 2. The molecule has 1 amide bonds. The standard InChI is InChI=1S/C15H11BrClN3O5S/c16-8-1-4-13(10(17)5-8)25-7-14(22)19-15(26)18-11-6-9(20(23)24)2-3-12(11)21/h1-6,21H,7H2,(H2,18,19,22,26). The molecule has 0 heterocycles. The van der Waals surface area contributed by atoms with Crippen molar-refractivity contribution in [2.45, 2.75) is 0 Å². The highest BCUT2D eigenvalue weighted by molar-refractivity contribution is 9.10. The van der Waals surface area contributed by atoms with Crippen molar-refractivity contribution in [3.8, 4) is 11.5 Å². The van der Waals surface area contributed by atoms with Gasteiger partial charge in [-0.2, -0.15) is 0 Å². The molecule has 3 N–H and O–H groups in total. The third kappa shape index (κ3) is 5.55. The molecule has 11 heteroatoms. The first-order valence-corrected chi connectivity index (χ1v) is 8.50. The van der Waals surface area contributed by atoms with Crippen LogP contribution in [-0.2, 0) is 4.79 Å². The molecule has 0 fully saturated rings. The van der Waals surface area contributed by atoms with Crippen molar-refractivity contribution in [3.05, 3.63) is 56.0 Å². The van der Waals surface area contributed by atoms with Gasteiger partial charge in [0.25, 0.3) is 11.6 Å². The molecule has 0 saturated carbocycles. The number of rotatable bonds is 5. The van der Waals surface area contributed by atoms with Gasteiger partial charge in [0.1, 0.15) is 11.5 Å². The van der Waals surface area contributed by atoms with E-state index in [-0.39, 0.29) is 28.8 Å². The summed E-state index contributed by atoms with van der Waals surface area (Å²) in [6.07, 6.45) is 0. The molecule has 26 heavy (non-hydrogen) atoms. The van der Waals surface area contributed by atoms with Crippen LogP contribution in [-0.4, -0.2) is 27.7 Å². The fourth-order valence-electron chi connectivity index (χ4n) is 1.79. The number of benzene rings is 2. The van der Waals surface area contributed by atoms with Crippen molar-refractivity contribution in [1.82, 2.24) is 5.32 Å². The summed E-state index contributed by atoms with van der Waals surface area (Å²) in [6.45, 7) is -0.357. The Morgan fingerprint density at radius 1 is 1.35 bits per heavy atom. The molecular weight excluding hydrogens is 450 g/mol. The molecule has 0 radical (unpaired) electrons. The summed E-state index contributed by atoms with van der Waals surface area (Å²) in [6, 6.07) is 8.28. The smallest absolute Gasteiger partial charge is 0.271 e. The van der Waals surface area contributed by atoms with Crippen LogP contribution in [0.15, 0.2) is 40.9 Å². The maximum Gasteiger partial charge on any atom is 0.271 e. The van der Waals surface area contributed by atoms with Gasteiger partial charge in [-0.1, -0.05) is 27.5 Å². The third-order valence-corrected chi connectivity index (χ3v) is 3.94. The normalized spacial score (nSPS) is 10.1. The van der Waals surface area contributed by atoms with Gasteiger partial charge in [0.05, 0.1) is 15.6 Å². The topological polar surface area (TPSA) is 114 Å². The minimum absolute atomic E-state index is 0.0126. The van der Waals surface area contributed by atoms with Crippen LogP contribution in [0.25, 0.3) is 0 Å². The zero-order valence-electron chi connectivity index (χ0n) is 12.9. The second kappa shape index (κ2) is 8.79. The van der Waals surface area contributed by atoms with Crippen LogP contribution in [0.4, 0.5) is 11.4 Å². The number of nitrogens with zero attached hydrogens (tertiary/aromatic N) is 1. The number of nitro benzene ring substituents is 1. The van der Waals surface area contributed by atoms with Crippen LogP contribution >= 0.6 is 39.7 Å². The van der Waals surface area contributed by atoms with E-state index in [0.29, 0.717) is 10.8 Å². The van der Waals surface area contributed by atoms with E-state index in [2.05, 4.69) is 26.6 Å². The lowest BCUT2D eigenvalue weighted by molar-refractivity contribution is -0.384. The van der Waals surface area contributed by atoms with Gasteiger partial charge in [0.15, 0.2) is 11.7 Å². The minimum atomic E-state index is -0.623. The lowest BCUT2D eigenvalue weighted by Gasteiger charge is -2.12. The molecule has 0 atom stereocenters. The molecule has 0 saturated heterocycles. The second-order valence-electron chi connectivity index (χ2n) is 4.82. The third-order valence-electron chi connectivity index (χ3n) is 2.94. The number of carbonyl (C=O) groups excluding carboxylic acids is 1. The Bertz CT molecular complexity index is 880. The van der Waals surface area contributed by atoms with E-state index in [4.69, 9.17) is 28.6 Å². The van der Waals surface area contributed by atoms with Crippen molar-refractivity contribution in [2.75, 3.05) is 11.9 Å². The number of nitro groups is 1. The van der Waals surface area contributed by atoms with Gasteiger partial charge in [-0.05, 0) is 36.5 Å². The average Bonchev–Trinajstić information content (AvgIpc) is 2.55. The van der Waals surface area contributed by atoms with Crippen molar-refractivity contribution in [1.29, 1.82) is 0 Å². The lowest BCUT2D eigenvalue weighted by Crippen LogP contribution is -2.37. The van der Waals surface area contributed by atoms with Gasteiger partial charge < -0.3 is 15.2 Å². The van der Waals surface area contributed by atoms with Crippen molar-refractivity contribution in [2.24, 2.45) is 0 Å². The van der Waals surface area contributed by atoms with E-state index in [0.717, 1.165) is 22.7 Å². The highest BCUT2D eigenvalue weighted by Gasteiger charge is 2.13. The Labute approximate surface area is 166 Å². The number of non-ortho nitro benzene ring substituents is 1. The Morgan fingerprint density at radius 2 is 2.08 bits per heavy atom. The highest BCUT2D eigenvalue weighted by atomic mass is 79.9. The number of phenolic OH excluding ortho intramolecular Hbond substituents is 1. The molecule has 2 rings (SSSR count). The van der Waals surface area contributed by atoms with Crippen molar-refractivity contribution < 1.29 is 19.6 Å². The highest BCUT2D eigenvalue weighted by Crippen LogP contribution is 2.28. The number of anilines is 1. The molecule has 2 aromatic rings. The van der Waals surface area contributed by atoms with Gasteiger partial charge in [0, 0.05) is 16.6 Å². The summed E-state index contributed by atoms with van der Waals surface area (Å²) < 4.78 is 6.05. The fraction of sp³-hybridized carbons (Fsp3) is 0.0667. The Kier molecular flexibility index (Phi) is 6.72. The molecule has 0 aliphatic rings. The van der Waals surface area contributed by atoms with Gasteiger partial charge in [-0.3, -0.25) is 20.2 Å². The minimum Gasteiger partial charge on any atom is -0.506 e. The van der Waals surface area contributed by atoms with Crippen molar-refractivity contribution in [3.63, 3.8) is 0 Å². The number of thiocarbonyl (C=S) groups is 1. The number of aromatic hydroxyl groups is 1. The summed E-state index contributed by atoms with van der Waals surface area (Å²) in [5.74, 6) is -0.517. The predicted octanol–water partition coefficient (Wildman–Crippen LogP) is 3.61. The van der Waals surface area contributed by atoms with Crippen LogP contribution in [0.1, 0.15) is 0 Å². The quantitative estimate of drug-likeness (QED) is 0.270. The summed E-state index contributed by atoms with van der Waals surface area (Å²) >= 11 is 14.2. The van der Waals surface area contributed by atoms with E-state index in [1.54, 1.807) is 18.2 Å². The molecule has 0 spiro atoms. The van der Waals surface area contributed by atoms with Crippen LogP contribution in [0.5, 0.6) is 11.5 Å². The lowest BCUT2D eigenvalue weighted by atomic mass is 10.2. The van der Waals surface area contributed by atoms with Crippen LogP contribution in [0.2, 0.25) is 5.02 Å². The number of amides is 1. The Balaban J connectivity index is 1.92.